The Balaban J connectivity index is 2.12. The zero-order chi connectivity index (χ0) is 8.18. The van der Waals surface area contributed by atoms with Gasteiger partial charge in [0, 0.05) is 0 Å². The molecule has 3 aliphatic rings. The van der Waals surface area contributed by atoms with Crippen LogP contribution >= 0.6 is 0 Å². The topological polar surface area (TPSA) is 9.23 Å². The van der Waals surface area contributed by atoms with Crippen LogP contribution in [-0.2, 0) is 4.74 Å². The third-order valence-electron chi connectivity index (χ3n) is 3.46. The summed E-state index contributed by atoms with van der Waals surface area (Å²) in [6.45, 7) is 2.24. The van der Waals surface area contributed by atoms with Crippen molar-refractivity contribution < 1.29 is 4.74 Å². The van der Waals surface area contributed by atoms with Crippen molar-refractivity contribution in [3.05, 3.63) is 23.3 Å². The fourth-order valence-electron chi connectivity index (χ4n) is 2.81. The van der Waals surface area contributed by atoms with E-state index in [1.54, 1.807) is 5.57 Å². The standard InChI is InChI=1S/C11H14O/c1-11-7-6-10(12-11)8-4-2-3-5-9(8)11/h3,5,10H,2,4,6-7H2,1H3. The molecule has 2 unspecified atom stereocenters. The van der Waals surface area contributed by atoms with E-state index in [-0.39, 0.29) is 5.60 Å². The monoisotopic (exact) mass is 162 g/mol. The van der Waals surface area contributed by atoms with E-state index in [4.69, 9.17) is 4.74 Å². The van der Waals surface area contributed by atoms with Crippen LogP contribution in [0.3, 0.4) is 0 Å². The van der Waals surface area contributed by atoms with Crippen LogP contribution in [0, 0.1) is 0 Å². The molecule has 64 valence electrons. The summed E-state index contributed by atoms with van der Waals surface area (Å²) in [6.07, 6.45) is 9.99. The molecule has 1 fully saturated rings. The van der Waals surface area contributed by atoms with Gasteiger partial charge in [0.25, 0.3) is 0 Å². The summed E-state index contributed by atoms with van der Waals surface area (Å²) in [5.74, 6) is 0. The minimum Gasteiger partial charge on any atom is -0.363 e. The number of rotatable bonds is 0. The van der Waals surface area contributed by atoms with E-state index in [0.29, 0.717) is 6.10 Å². The van der Waals surface area contributed by atoms with Crippen LogP contribution < -0.4 is 0 Å². The summed E-state index contributed by atoms with van der Waals surface area (Å²) in [5, 5.41) is 0. The fraction of sp³-hybridized carbons (Fsp3) is 0.636. The predicted octanol–water partition coefficient (Wildman–Crippen LogP) is 2.58. The van der Waals surface area contributed by atoms with Gasteiger partial charge in [-0.25, -0.2) is 0 Å². The lowest BCUT2D eigenvalue weighted by atomic mass is 9.79. The number of fused-ring (bicyclic) bond motifs is 4. The molecule has 1 aliphatic carbocycles. The zero-order valence-electron chi connectivity index (χ0n) is 7.47. The average molecular weight is 162 g/mol. The molecule has 0 amide bonds. The minimum absolute atomic E-state index is 0.0942. The lowest BCUT2D eigenvalue weighted by Gasteiger charge is -2.24. The van der Waals surface area contributed by atoms with Gasteiger partial charge < -0.3 is 4.74 Å². The van der Waals surface area contributed by atoms with Crippen molar-refractivity contribution in [1.29, 1.82) is 0 Å². The molecule has 1 saturated heterocycles. The average Bonchev–Trinajstić information content (AvgIpc) is 2.60. The molecule has 0 aromatic carbocycles. The number of hydrogen-bond acceptors (Lipinski definition) is 1. The smallest absolute Gasteiger partial charge is 0.0913 e. The summed E-state index contributed by atoms with van der Waals surface area (Å²) >= 11 is 0. The van der Waals surface area contributed by atoms with Gasteiger partial charge in [-0.2, -0.15) is 0 Å². The van der Waals surface area contributed by atoms with Gasteiger partial charge in [-0.05, 0) is 43.8 Å². The molecular formula is C11H14O. The van der Waals surface area contributed by atoms with Gasteiger partial charge in [0.05, 0.1) is 11.7 Å². The lowest BCUT2D eigenvalue weighted by molar-refractivity contribution is 0.0393. The Bertz CT molecular complexity index is 287. The summed E-state index contributed by atoms with van der Waals surface area (Å²) in [6, 6.07) is 0. The number of ether oxygens (including phenoxy) is 1. The molecular weight excluding hydrogens is 148 g/mol. The van der Waals surface area contributed by atoms with Gasteiger partial charge in [0.15, 0.2) is 0 Å². The Kier molecular flexibility index (Phi) is 1.16. The van der Waals surface area contributed by atoms with Gasteiger partial charge in [0.1, 0.15) is 0 Å². The second-order valence-corrected chi connectivity index (χ2v) is 4.26. The molecule has 2 heterocycles. The van der Waals surface area contributed by atoms with Crippen molar-refractivity contribution in [2.45, 2.75) is 44.3 Å². The van der Waals surface area contributed by atoms with E-state index in [1.165, 1.54) is 31.3 Å². The van der Waals surface area contributed by atoms with Crippen molar-refractivity contribution in [2.24, 2.45) is 0 Å². The second-order valence-electron chi connectivity index (χ2n) is 4.26. The van der Waals surface area contributed by atoms with Crippen LogP contribution in [0.2, 0.25) is 0 Å². The van der Waals surface area contributed by atoms with Gasteiger partial charge in [-0.15, -0.1) is 0 Å². The molecule has 2 aliphatic heterocycles. The molecule has 0 aromatic heterocycles. The molecule has 12 heavy (non-hydrogen) atoms. The third-order valence-corrected chi connectivity index (χ3v) is 3.46. The Labute approximate surface area is 73.1 Å². The Morgan fingerprint density at radius 1 is 1.58 bits per heavy atom. The van der Waals surface area contributed by atoms with Crippen LogP contribution in [0.5, 0.6) is 0 Å². The van der Waals surface area contributed by atoms with Crippen molar-refractivity contribution >= 4 is 0 Å². The normalized spacial score (nSPS) is 43.9. The summed E-state index contributed by atoms with van der Waals surface area (Å²) in [4.78, 5) is 0. The minimum atomic E-state index is 0.0942. The molecule has 2 bridgehead atoms. The molecule has 2 atom stereocenters. The first-order valence-electron chi connectivity index (χ1n) is 4.87. The molecule has 0 spiro atoms. The highest BCUT2D eigenvalue weighted by atomic mass is 16.5. The van der Waals surface area contributed by atoms with Crippen LogP contribution in [0.15, 0.2) is 23.3 Å². The maximum absolute atomic E-state index is 5.98. The maximum Gasteiger partial charge on any atom is 0.0913 e. The summed E-state index contributed by atoms with van der Waals surface area (Å²) < 4.78 is 5.98. The predicted molar refractivity (Wildman–Crippen MR) is 47.9 cm³/mol. The van der Waals surface area contributed by atoms with E-state index in [0.717, 1.165) is 0 Å². The fourth-order valence-corrected chi connectivity index (χ4v) is 2.81. The van der Waals surface area contributed by atoms with Crippen molar-refractivity contribution in [3.63, 3.8) is 0 Å². The zero-order valence-corrected chi connectivity index (χ0v) is 7.47. The highest BCUT2D eigenvalue weighted by molar-refractivity contribution is 5.44. The summed E-state index contributed by atoms with van der Waals surface area (Å²) in [7, 11) is 0. The molecule has 1 heteroatoms. The van der Waals surface area contributed by atoms with E-state index in [9.17, 15) is 0 Å². The maximum atomic E-state index is 5.98. The highest BCUT2D eigenvalue weighted by Crippen LogP contribution is 2.50. The van der Waals surface area contributed by atoms with Gasteiger partial charge >= 0.3 is 0 Å². The van der Waals surface area contributed by atoms with Gasteiger partial charge in [-0.3, -0.25) is 0 Å². The third kappa shape index (κ3) is 0.680. The molecule has 0 aromatic rings. The van der Waals surface area contributed by atoms with Crippen LogP contribution in [0.1, 0.15) is 32.6 Å². The van der Waals surface area contributed by atoms with E-state index in [2.05, 4.69) is 19.1 Å². The van der Waals surface area contributed by atoms with Crippen LogP contribution in [0.25, 0.3) is 0 Å². The Hall–Kier alpha value is -0.560. The Morgan fingerprint density at radius 2 is 2.50 bits per heavy atom. The molecule has 3 rings (SSSR count). The van der Waals surface area contributed by atoms with Crippen LogP contribution in [-0.4, -0.2) is 11.7 Å². The highest BCUT2D eigenvalue weighted by Gasteiger charge is 2.47. The summed E-state index contributed by atoms with van der Waals surface area (Å²) in [5.41, 5.74) is 3.20. The van der Waals surface area contributed by atoms with Gasteiger partial charge in [-0.1, -0.05) is 12.2 Å². The van der Waals surface area contributed by atoms with Gasteiger partial charge in [0.2, 0.25) is 0 Å². The lowest BCUT2D eigenvalue weighted by Crippen LogP contribution is -2.22. The van der Waals surface area contributed by atoms with Crippen LogP contribution in [0.4, 0.5) is 0 Å². The number of allylic oxidation sites excluding steroid dienone is 1. The molecule has 0 radical (unpaired) electrons. The first-order chi connectivity index (χ1) is 5.80. The molecule has 0 N–H and O–H groups in total. The SMILES string of the molecule is CC12CCC(O1)C1=C2C=CCC1. The van der Waals surface area contributed by atoms with E-state index >= 15 is 0 Å². The first-order valence-corrected chi connectivity index (χ1v) is 4.87. The first kappa shape index (κ1) is 6.90. The van der Waals surface area contributed by atoms with E-state index in [1.807, 2.05) is 0 Å². The van der Waals surface area contributed by atoms with Crippen molar-refractivity contribution in [3.8, 4) is 0 Å². The quantitative estimate of drug-likeness (QED) is 0.532. The molecule has 0 saturated carbocycles. The van der Waals surface area contributed by atoms with E-state index < -0.39 is 0 Å². The van der Waals surface area contributed by atoms with Crippen molar-refractivity contribution in [2.75, 3.05) is 0 Å². The van der Waals surface area contributed by atoms with Crippen molar-refractivity contribution in [1.82, 2.24) is 0 Å². The number of hydrogen-bond donors (Lipinski definition) is 0. The largest absolute Gasteiger partial charge is 0.363 e. The Morgan fingerprint density at radius 3 is 3.33 bits per heavy atom. The second kappa shape index (κ2) is 2.02. The molecule has 1 nitrogen and oxygen atoms in total.